The Morgan fingerprint density at radius 3 is 1.80 bits per heavy atom. The van der Waals surface area contributed by atoms with E-state index in [9.17, 15) is 0 Å². The van der Waals surface area contributed by atoms with E-state index in [0.29, 0.717) is 5.41 Å². The summed E-state index contributed by atoms with van der Waals surface area (Å²) >= 11 is 0. The van der Waals surface area contributed by atoms with Gasteiger partial charge in [0.05, 0.1) is 0 Å². The molecule has 0 aromatic carbocycles. The minimum Gasteiger partial charge on any atom is -0.0628 e. The molecule has 0 heteroatoms. The highest BCUT2D eigenvalue weighted by Gasteiger charge is 2.10. The molecular formula is C15H32. The molecule has 0 bridgehead atoms. The van der Waals surface area contributed by atoms with Crippen LogP contribution >= 0.6 is 0 Å². The van der Waals surface area contributed by atoms with Gasteiger partial charge in [0, 0.05) is 0 Å². The zero-order chi connectivity index (χ0) is 11.9. The van der Waals surface area contributed by atoms with E-state index in [1.807, 2.05) is 0 Å². The predicted molar refractivity (Wildman–Crippen MR) is 71.2 cm³/mol. The van der Waals surface area contributed by atoms with Gasteiger partial charge in [-0.1, -0.05) is 73.6 Å². The summed E-state index contributed by atoms with van der Waals surface area (Å²) in [4.78, 5) is 0. The molecule has 0 nitrogen and oxygen atoms in total. The van der Waals surface area contributed by atoms with Crippen LogP contribution in [0, 0.1) is 17.3 Å². The summed E-state index contributed by atoms with van der Waals surface area (Å²) in [6.07, 6.45) is 8.48. The van der Waals surface area contributed by atoms with Crippen LogP contribution in [-0.2, 0) is 0 Å². The maximum Gasteiger partial charge on any atom is -0.0383 e. The van der Waals surface area contributed by atoms with Crippen molar-refractivity contribution >= 4 is 0 Å². The highest BCUT2D eigenvalue weighted by Crippen LogP contribution is 2.24. The Hall–Kier alpha value is 0. The molecule has 0 radical (unpaired) electrons. The molecule has 1 unspecified atom stereocenters. The fourth-order valence-electron chi connectivity index (χ4n) is 2.00. The van der Waals surface area contributed by atoms with E-state index >= 15 is 0 Å². The Balaban J connectivity index is 3.37. The van der Waals surface area contributed by atoms with Crippen molar-refractivity contribution in [3.8, 4) is 0 Å². The Morgan fingerprint density at radius 2 is 1.33 bits per heavy atom. The summed E-state index contributed by atoms with van der Waals surface area (Å²) in [7, 11) is 0. The fraction of sp³-hybridized carbons (Fsp3) is 1.00. The topological polar surface area (TPSA) is 0 Å². The van der Waals surface area contributed by atoms with Gasteiger partial charge in [0.2, 0.25) is 0 Å². The van der Waals surface area contributed by atoms with Gasteiger partial charge in [-0.05, 0) is 23.7 Å². The molecule has 0 aliphatic carbocycles. The summed E-state index contributed by atoms with van der Waals surface area (Å²) in [5.74, 6) is 1.82. The van der Waals surface area contributed by atoms with Crippen molar-refractivity contribution in [1.29, 1.82) is 0 Å². The van der Waals surface area contributed by atoms with E-state index in [4.69, 9.17) is 0 Å². The smallest absolute Gasteiger partial charge is 0.0383 e. The van der Waals surface area contributed by atoms with Crippen molar-refractivity contribution in [1.82, 2.24) is 0 Å². The first-order valence-electron chi connectivity index (χ1n) is 6.81. The van der Waals surface area contributed by atoms with Crippen LogP contribution in [0.2, 0.25) is 0 Å². The molecule has 1 atom stereocenters. The third kappa shape index (κ3) is 11.9. The summed E-state index contributed by atoms with van der Waals surface area (Å²) in [5, 5.41) is 0. The zero-order valence-electron chi connectivity index (χ0n) is 11.9. The Kier molecular flexibility index (Phi) is 7.30. The largest absolute Gasteiger partial charge is 0.0628 e. The second-order valence-electron chi connectivity index (χ2n) is 6.88. The highest BCUT2D eigenvalue weighted by molar-refractivity contribution is 4.63. The van der Waals surface area contributed by atoms with E-state index in [0.717, 1.165) is 11.8 Å². The van der Waals surface area contributed by atoms with Crippen LogP contribution in [0.4, 0.5) is 0 Å². The van der Waals surface area contributed by atoms with Gasteiger partial charge in [0.1, 0.15) is 0 Å². The molecule has 0 amide bonds. The van der Waals surface area contributed by atoms with E-state index < -0.39 is 0 Å². The standard InChI is InChI=1S/C15H32/c1-13(2)9-7-10-14(3)11-8-12-15(4,5)6/h13-14H,7-12H2,1-6H3. The average molecular weight is 212 g/mol. The lowest BCUT2D eigenvalue weighted by molar-refractivity contribution is 0.334. The molecule has 0 N–H and O–H groups in total. The van der Waals surface area contributed by atoms with Gasteiger partial charge < -0.3 is 0 Å². The second-order valence-corrected chi connectivity index (χ2v) is 6.88. The lowest BCUT2D eigenvalue weighted by atomic mass is 9.87. The number of hydrogen-bond acceptors (Lipinski definition) is 0. The molecule has 92 valence electrons. The van der Waals surface area contributed by atoms with Crippen LogP contribution in [0.1, 0.15) is 80.1 Å². The molecule has 0 aromatic rings. The third-order valence-electron chi connectivity index (χ3n) is 3.10. The second kappa shape index (κ2) is 7.30. The van der Waals surface area contributed by atoms with Gasteiger partial charge >= 0.3 is 0 Å². The van der Waals surface area contributed by atoms with Gasteiger partial charge in [0.25, 0.3) is 0 Å². The molecule has 0 aromatic heterocycles. The van der Waals surface area contributed by atoms with E-state index in [2.05, 4.69) is 41.5 Å². The first-order chi connectivity index (χ1) is 6.81. The van der Waals surface area contributed by atoms with Gasteiger partial charge in [0.15, 0.2) is 0 Å². The van der Waals surface area contributed by atoms with E-state index in [-0.39, 0.29) is 0 Å². The number of hydrogen-bond donors (Lipinski definition) is 0. The molecule has 0 spiro atoms. The third-order valence-corrected chi connectivity index (χ3v) is 3.10. The number of rotatable bonds is 7. The SMILES string of the molecule is CC(C)CCCC(C)CCCC(C)(C)C. The van der Waals surface area contributed by atoms with E-state index in [1.165, 1.54) is 38.5 Å². The molecule has 15 heavy (non-hydrogen) atoms. The maximum atomic E-state index is 2.42. The van der Waals surface area contributed by atoms with Crippen LogP contribution in [0.15, 0.2) is 0 Å². The van der Waals surface area contributed by atoms with Crippen molar-refractivity contribution in [2.24, 2.45) is 17.3 Å². The summed E-state index contributed by atoms with van der Waals surface area (Å²) < 4.78 is 0. The summed E-state index contributed by atoms with van der Waals surface area (Å²) in [6, 6.07) is 0. The molecule has 0 saturated carbocycles. The van der Waals surface area contributed by atoms with Gasteiger partial charge in [-0.25, -0.2) is 0 Å². The predicted octanol–water partition coefficient (Wildman–Crippen LogP) is 5.67. The average Bonchev–Trinajstić information content (AvgIpc) is 2.00. The van der Waals surface area contributed by atoms with E-state index in [1.54, 1.807) is 0 Å². The quantitative estimate of drug-likeness (QED) is 0.510. The molecule has 0 rings (SSSR count). The Bertz CT molecular complexity index is 139. The normalized spacial score (nSPS) is 14.6. The summed E-state index contributed by atoms with van der Waals surface area (Å²) in [6.45, 7) is 14.1. The Morgan fingerprint density at radius 1 is 0.800 bits per heavy atom. The first-order valence-corrected chi connectivity index (χ1v) is 6.81. The highest BCUT2D eigenvalue weighted by atomic mass is 14.2. The molecule has 0 saturated heterocycles. The fourth-order valence-corrected chi connectivity index (χ4v) is 2.00. The van der Waals surface area contributed by atoms with Crippen molar-refractivity contribution < 1.29 is 0 Å². The van der Waals surface area contributed by atoms with Crippen molar-refractivity contribution in [3.63, 3.8) is 0 Å². The monoisotopic (exact) mass is 212 g/mol. The van der Waals surface area contributed by atoms with Gasteiger partial charge in [-0.2, -0.15) is 0 Å². The minimum atomic E-state index is 0.525. The van der Waals surface area contributed by atoms with Crippen LogP contribution in [0.25, 0.3) is 0 Å². The maximum absolute atomic E-state index is 2.42. The Labute approximate surface area is 97.8 Å². The summed E-state index contributed by atoms with van der Waals surface area (Å²) in [5.41, 5.74) is 0.525. The van der Waals surface area contributed by atoms with Crippen LogP contribution in [0.5, 0.6) is 0 Å². The van der Waals surface area contributed by atoms with Crippen LogP contribution < -0.4 is 0 Å². The van der Waals surface area contributed by atoms with Crippen LogP contribution in [-0.4, -0.2) is 0 Å². The molecule has 0 heterocycles. The van der Waals surface area contributed by atoms with Gasteiger partial charge in [-0.3, -0.25) is 0 Å². The van der Waals surface area contributed by atoms with Crippen molar-refractivity contribution in [2.75, 3.05) is 0 Å². The van der Waals surface area contributed by atoms with Gasteiger partial charge in [-0.15, -0.1) is 0 Å². The van der Waals surface area contributed by atoms with Crippen molar-refractivity contribution in [2.45, 2.75) is 80.1 Å². The molecule has 0 aliphatic heterocycles. The van der Waals surface area contributed by atoms with Crippen LogP contribution in [0.3, 0.4) is 0 Å². The lowest BCUT2D eigenvalue weighted by Crippen LogP contribution is -2.05. The minimum absolute atomic E-state index is 0.525. The molecule has 0 fully saturated rings. The molecule has 0 aliphatic rings. The van der Waals surface area contributed by atoms with Crippen molar-refractivity contribution in [3.05, 3.63) is 0 Å². The lowest BCUT2D eigenvalue weighted by Gasteiger charge is -2.19. The first kappa shape index (κ1) is 15.0. The zero-order valence-corrected chi connectivity index (χ0v) is 11.9. The molecular weight excluding hydrogens is 180 g/mol.